The number of anilines is 1. The Hall–Kier alpha value is -2.61. The summed E-state index contributed by atoms with van der Waals surface area (Å²) < 4.78 is 5.92. The topological polar surface area (TPSA) is 90.7 Å². The van der Waals surface area contributed by atoms with Crippen LogP contribution in [-0.4, -0.2) is 66.5 Å². The van der Waals surface area contributed by atoms with E-state index in [1.54, 1.807) is 12.3 Å². The zero-order valence-corrected chi connectivity index (χ0v) is 16.0. The molecule has 6 rings (SSSR count). The molecule has 4 fully saturated rings. The summed E-state index contributed by atoms with van der Waals surface area (Å²) in [5.74, 6) is 1.02. The smallest absolute Gasteiger partial charge is 0.270 e. The summed E-state index contributed by atoms with van der Waals surface area (Å²) in [4.78, 5) is 33.1. The molecule has 0 aliphatic carbocycles. The Bertz CT molecular complexity index is 916. The molecule has 28 heavy (non-hydrogen) atoms. The summed E-state index contributed by atoms with van der Waals surface area (Å²) in [6, 6.07) is 4.11. The van der Waals surface area contributed by atoms with Gasteiger partial charge in [-0.1, -0.05) is 0 Å². The summed E-state index contributed by atoms with van der Waals surface area (Å²) in [6.07, 6.45) is 3.96. The van der Waals surface area contributed by atoms with Crippen LogP contribution in [0, 0.1) is 5.92 Å². The Morgan fingerprint density at radius 3 is 2.86 bits per heavy atom. The summed E-state index contributed by atoms with van der Waals surface area (Å²) in [7, 11) is 0. The molecular formula is C20H25N5O3. The van der Waals surface area contributed by atoms with Crippen molar-refractivity contribution in [2.24, 2.45) is 5.92 Å². The van der Waals surface area contributed by atoms with E-state index < -0.39 is 0 Å². The number of amides is 2. The third-order valence-electron chi connectivity index (χ3n) is 6.45. The number of piperazine rings is 1. The molecule has 4 aliphatic rings. The van der Waals surface area contributed by atoms with Crippen molar-refractivity contribution < 1.29 is 14.0 Å². The number of hydrogen-bond donors (Lipinski definition) is 2. The number of rotatable bonds is 3. The lowest BCUT2D eigenvalue weighted by atomic mass is 9.79. The Balaban J connectivity index is 1.34. The molecule has 8 nitrogen and oxygen atoms in total. The van der Waals surface area contributed by atoms with Gasteiger partial charge in [0.15, 0.2) is 5.88 Å². The van der Waals surface area contributed by atoms with Gasteiger partial charge >= 0.3 is 0 Å². The van der Waals surface area contributed by atoms with Gasteiger partial charge in [-0.05, 0) is 38.8 Å². The summed E-state index contributed by atoms with van der Waals surface area (Å²) in [5.41, 5.74) is 0.983. The molecule has 0 radical (unpaired) electrons. The number of carbonyl (C=O) groups is 2. The zero-order valence-electron chi connectivity index (χ0n) is 16.0. The maximum Gasteiger partial charge on any atom is 0.270 e. The minimum atomic E-state index is -0.150. The van der Waals surface area contributed by atoms with E-state index in [-0.39, 0.29) is 24.4 Å². The highest BCUT2D eigenvalue weighted by Crippen LogP contribution is 2.32. The lowest BCUT2D eigenvalue weighted by Gasteiger charge is -2.49. The molecule has 148 valence electrons. The van der Waals surface area contributed by atoms with Crippen molar-refractivity contribution in [3.05, 3.63) is 24.0 Å². The zero-order chi connectivity index (χ0) is 19.3. The van der Waals surface area contributed by atoms with Crippen molar-refractivity contribution in [3.8, 4) is 0 Å². The van der Waals surface area contributed by atoms with Crippen LogP contribution in [0.5, 0.6) is 0 Å². The predicted molar refractivity (Wildman–Crippen MR) is 104 cm³/mol. The van der Waals surface area contributed by atoms with Crippen molar-refractivity contribution >= 4 is 28.7 Å². The SMILES string of the molecule is C[C@H]1[C@H](NC(=O)c2cc3oc(N4CCNC(=O)C4)cc3cn2)C2CCN1CC2. The van der Waals surface area contributed by atoms with Crippen LogP contribution in [0.1, 0.15) is 30.3 Å². The van der Waals surface area contributed by atoms with E-state index in [1.165, 1.54) is 0 Å². The first-order valence-electron chi connectivity index (χ1n) is 10.0. The summed E-state index contributed by atoms with van der Waals surface area (Å²) >= 11 is 0. The minimum Gasteiger partial charge on any atom is -0.440 e. The standard InChI is InChI=1S/C20H25N5O3/c1-12-19(13-2-5-24(12)6-3-13)23-20(27)15-9-16-14(10-22-15)8-18(28-16)25-7-4-21-17(26)11-25/h8-10,12-13,19H,2-7,11H2,1H3,(H,21,26)(H,23,27)/t12-,19-/m0/s1. The van der Waals surface area contributed by atoms with Gasteiger partial charge in [0.2, 0.25) is 5.91 Å². The normalized spacial score (nSPS) is 29.8. The summed E-state index contributed by atoms with van der Waals surface area (Å²) in [6.45, 7) is 6.03. The van der Waals surface area contributed by atoms with E-state index >= 15 is 0 Å². The predicted octanol–water partition coefficient (Wildman–Crippen LogP) is 0.976. The molecule has 0 aromatic carbocycles. The largest absolute Gasteiger partial charge is 0.440 e. The second-order valence-corrected chi connectivity index (χ2v) is 8.08. The van der Waals surface area contributed by atoms with Gasteiger partial charge in [-0.15, -0.1) is 0 Å². The van der Waals surface area contributed by atoms with E-state index in [1.807, 2.05) is 11.0 Å². The molecular weight excluding hydrogens is 358 g/mol. The molecule has 0 saturated carbocycles. The molecule has 2 N–H and O–H groups in total. The lowest BCUT2D eigenvalue weighted by molar-refractivity contribution is -0.120. The molecule has 2 amide bonds. The van der Waals surface area contributed by atoms with Gasteiger partial charge in [0.1, 0.15) is 11.3 Å². The number of aromatic nitrogens is 1. The quantitative estimate of drug-likeness (QED) is 0.821. The van der Waals surface area contributed by atoms with Crippen molar-refractivity contribution in [1.29, 1.82) is 0 Å². The third kappa shape index (κ3) is 3.01. The molecule has 4 aliphatic heterocycles. The van der Waals surface area contributed by atoms with Crippen LogP contribution in [0.15, 0.2) is 22.7 Å². The fraction of sp³-hybridized carbons (Fsp3) is 0.550. The average Bonchev–Trinajstić information content (AvgIpc) is 3.14. The van der Waals surface area contributed by atoms with Crippen LogP contribution in [-0.2, 0) is 4.79 Å². The van der Waals surface area contributed by atoms with Crippen molar-refractivity contribution in [1.82, 2.24) is 20.5 Å². The highest BCUT2D eigenvalue weighted by atomic mass is 16.4. The van der Waals surface area contributed by atoms with Crippen LogP contribution in [0.2, 0.25) is 0 Å². The average molecular weight is 383 g/mol. The van der Waals surface area contributed by atoms with Crippen molar-refractivity contribution in [2.75, 3.05) is 37.6 Å². The second-order valence-electron chi connectivity index (χ2n) is 8.08. The van der Waals surface area contributed by atoms with Gasteiger partial charge < -0.3 is 20.0 Å². The second kappa shape index (κ2) is 6.77. The first kappa shape index (κ1) is 17.5. The van der Waals surface area contributed by atoms with Gasteiger partial charge in [0.25, 0.3) is 5.91 Å². The highest BCUT2D eigenvalue weighted by Gasteiger charge is 2.40. The van der Waals surface area contributed by atoms with Crippen LogP contribution < -0.4 is 15.5 Å². The van der Waals surface area contributed by atoms with E-state index in [0.29, 0.717) is 42.2 Å². The van der Waals surface area contributed by atoms with E-state index in [0.717, 1.165) is 31.3 Å². The molecule has 4 saturated heterocycles. The van der Waals surface area contributed by atoms with Gasteiger partial charge in [-0.25, -0.2) is 0 Å². The molecule has 8 heteroatoms. The molecule has 0 unspecified atom stereocenters. The lowest BCUT2D eigenvalue weighted by Crippen LogP contribution is -2.62. The maximum atomic E-state index is 12.8. The van der Waals surface area contributed by atoms with E-state index in [9.17, 15) is 9.59 Å². The van der Waals surface area contributed by atoms with Crippen molar-refractivity contribution in [3.63, 3.8) is 0 Å². The fourth-order valence-corrected chi connectivity index (χ4v) is 4.80. The Morgan fingerprint density at radius 1 is 1.29 bits per heavy atom. The summed E-state index contributed by atoms with van der Waals surface area (Å²) in [5, 5.41) is 6.84. The van der Waals surface area contributed by atoms with Gasteiger partial charge in [-0.3, -0.25) is 19.5 Å². The Kier molecular flexibility index (Phi) is 4.23. The number of nitrogens with one attached hydrogen (secondary N) is 2. The third-order valence-corrected chi connectivity index (χ3v) is 6.45. The first-order chi connectivity index (χ1) is 13.6. The number of hydrogen-bond acceptors (Lipinski definition) is 6. The molecule has 0 spiro atoms. The molecule has 2 atom stereocenters. The van der Waals surface area contributed by atoms with Crippen LogP contribution in [0.3, 0.4) is 0 Å². The molecule has 2 aromatic rings. The highest BCUT2D eigenvalue weighted by molar-refractivity contribution is 5.96. The van der Waals surface area contributed by atoms with Gasteiger partial charge in [-0.2, -0.15) is 0 Å². The fourth-order valence-electron chi connectivity index (χ4n) is 4.80. The molecule has 6 heterocycles. The number of fused-ring (bicyclic) bond motifs is 4. The first-order valence-corrected chi connectivity index (χ1v) is 10.0. The Morgan fingerprint density at radius 2 is 2.11 bits per heavy atom. The van der Waals surface area contributed by atoms with Crippen LogP contribution in [0.4, 0.5) is 5.88 Å². The number of carbonyl (C=O) groups excluding carboxylic acids is 2. The van der Waals surface area contributed by atoms with E-state index in [2.05, 4.69) is 27.4 Å². The van der Waals surface area contributed by atoms with Gasteiger partial charge in [0.05, 0.1) is 6.54 Å². The van der Waals surface area contributed by atoms with Crippen LogP contribution >= 0.6 is 0 Å². The number of nitrogens with zero attached hydrogens (tertiary/aromatic N) is 3. The molecule has 2 bridgehead atoms. The maximum absolute atomic E-state index is 12.8. The number of furan rings is 1. The van der Waals surface area contributed by atoms with Crippen molar-refractivity contribution in [2.45, 2.75) is 31.8 Å². The monoisotopic (exact) mass is 383 g/mol. The molecule has 2 aromatic heterocycles. The van der Waals surface area contributed by atoms with E-state index in [4.69, 9.17) is 4.42 Å². The number of pyridine rings is 1. The number of piperidine rings is 3. The minimum absolute atomic E-state index is 0.0171. The van der Waals surface area contributed by atoms with Crippen LogP contribution in [0.25, 0.3) is 11.0 Å². The Labute approximate surface area is 163 Å². The van der Waals surface area contributed by atoms with Gasteiger partial charge in [0, 0.05) is 48.9 Å².